The minimum atomic E-state index is -0.811. The molecule has 136 valence electrons. The minimum Gasteiger partial charge on any atom is -0.481 e. The van der Waals surface area contributed by atoms with E-state index in [0.29, 0.717) is 11.3 Å². The van der Waals surface area contributed by atoms with Gasteiger partial charge in [0.2, 0.25) is 0 Å². The van der Waals surface area contributed by atoms with Crippen LogP contribution >= 0.6 is 0 Å². The molecular formula is C20H24N4O2. The van der Waals surface area contributed by atoms with Gasteiger partial charge >= 0.3 is 5.97 Å². The van der Waals surface area contributed by atoms with Crippen molar-refractivity contribution in [3.63, 3.8) is 0 Å². The number of carboxylic acids is 1. The zero-order chi connectivity index (χ0) is 18.8. The Hall–Kier alpha value is -3.04. The first-order valence-electron chi connectivity index (χ1n) is 8.63. The Bertz CT molecular complexity index is 784. The van der Waals surface area contributed by atoms with E-state index in [-0.39, 0.29) is 6.42 Å². The standard InChI is InChI=1S/C20H24N4O2/c21-14-17-6-2-7-18(20(17)22)24-10-3-9-23-11-8-15-4-1-5-16(12-15)13-19(25)26/h1-2,4-7,12,23-24H,3,8-11,13,22H2,(H,25,26). The molecule has 0 saturated carbocycles. The molecule has 0 spiro atoms. The predicted octanol–water partition coefficient (Wildman–Crippen LogP) is 2.40. The van der Waals surface area contributed by atoms with Gasteiger partial charge in [0, 0.05) is 6.54 Å². The predicted molar refractivity (Wildman–Crippen MR) is 103 cm³/mol. The molecule has 0 radical (unpaired) electrons. The van der Waals surface area contributed by atoms with Gasteiger partial charge < -0.3 is 21.5 Å². The summed E-state index contributed by atoms with van der Waals surface area (Å²) in [4.78, 5) is 10.8. The Balaban J connectivity index is 1.64. The van der Waals surface area contributed by atoms with Crippen LogP contribution in [0.15, 0.2) is 42.5 Å². The van der Waals surface area contributed by atoms with E-state index in [4.69, 9.17) is 16.1 Å². The molecule has 0 aromatic heterocycles. The molecule has 2 aromatic carbocycles. The van der Waals surface area contributed by atoms with E-state index >= 15 is 0 Å². The smallest absolute Gasteiger partial charge is 0.307 e. The molecule has 0 unspecified atom stereocenters. The fraction of sp³-hybridized carbons (Fsp3) is 0.300. The monoisotopic (exact) mass is 352 g/mol. The van der Waals surface area contributed by atoms with Gasteiger partial charge in [-0.25, -0.2) is 0 Å². The summed E-state index contributed by atoms with van der Waals surface area (Å²) >= 11 is 0. The first-order valence-corrected chi connectivity index (χ1v) is 8.63. The third-order valence-electron chi connectivity index (χ3n) is 4.01. The maximum atomic E-state index is 10.8. The minimum absolute atomic E-state index is 0.0586. The number of hydrogen-bond acceptors (Lipinski definition) is 5. The number of nitrogen functional groups attached to an aromatic ring is 1. The van der Waals surface area contributed by atoms with Crippen molar-refractivity contribution < 1.29 is 9.90 Å². The number of hydrogen-bond donors (Lipinski definition) is 4. The topological polar surface area (TPSA) is 111 Å². The molecule has 0 aliphatic rings. The zero-order valence-corrected chi connectivity index (χ0v) is 14.7. The molecule has 5 N–H and O–H groups in total. The highest BCUT2D eigenvalue weighted by molar-refractivity contribution is 5.72. The van der Waals surface area contributed by atoms with Gasteiger partial charge in [-0.15, -0.1) is 0 Å². The van der Waals surface area contributed by atoms with Crippen molar-refractivity contribution in [2.24, 2.45) is 0 Å². The molecule has 0 aliphatic carbocycles. The molecular weight excluding hydrogens is 328 g/mol. The SMILES string of the molecule is N#Cc1cccc(NCCCNCCc2cccc(CC(=O)O)c2)c1N. The van der Waals surface area contributed by atoms with Crippen molar-refractivity contribution in [2.45, 2.75) is 19.3 Å². The molecule has 0 fully saturated rings. The van der Waals surface area contributed by atoms with Gasteiger partial charge in [-0.2, -0.15) is 5.26 Å². The molecule has 2 rings (SSSR count). The van der Waals surface area contributed by atoms with Crippen LogP contribution in [0.2, 0.25) is 0 Å². The average molecular weight is 352 g/mol. The summed E-state index contributed by atoms with van der Waals surface area (Å²) in [5, 5.41) is 24.4. The van der Waals surface area contributed by atoms with Crippen LogP contribution in [0.4, 0.5) is 11.4 Å². The van der Waals surface area contributed by atoms with Gasteiger partial charge in [0.25, 0.3) is 0 Å². The first kappa shape index (κ1) is 19.3. The van der Waals surface area contributed by atoms with Gasteiger partial charge in [-0.05, 0) is 49.2 Å². The molecule has 2 aromatic rings. The molecule has 0 bridgehead atoms. The number of rotatable bonds is 10. The van der Waals surface area contributed by atoms with Gasteiger partial charge in [0.1, 0.15) is 6.07 Å². The lowest BCUT2D eigenvalue weighted by Gasteiger charge is -2.10. The molecule has 26 heavy (non-hydrogen) atoms. The molecule has 0 atom stereocenters. The molecule has 0 heterocycles. The Kier molecular flexibility index (Phi) is 7.47. The van der Waals surface area contributed by atoms with Crippen LogP contribution in [0, 0.1) is 11.3 Å². The summed E-state index contributed by atoms with van der Waals surface area (Å²) in [6, 6.07) is 15.2. The molecule has 0 aliphatic heterocycles. The summed E-state index contributed by atoms with van der Waals surface area (Å²) in [5.41, 5.74) is 9.66. The largest absolute Gasteiger partial charge is 0.481 e. The highest BCUT2D eigenvalue weighted by Crippen LogP contribution is 2.21. The van der Waals surface area contributed by atoms with Crippen molar-refractivity contribution in [3.05, 3.63) is 59.2 Å². The first-order chi connectivity index (χ1) is 12.6. The van der Waals surface area contributed by atoms with Crippen LogP contribution in [0.1, 0.15) is 23.1 Å². The molecule has 0 amide bonds. The third-order valence-corrected chi connectivity index (χ3v) is 4.01. The van der Waals surface area contributed by atoms with Crippen LogP contribution in [0.5, 0.6) is 0 Å². The van der Waals surface area contributed by atoms with E-state index in [1.807, 2.05) is 36.4 Å². The summed E-state index contributed by atoms with van der Waals surface area (Å²) in [5.74, 6) is -0.811. The highest BCUT2D eigenvalue weighted by Gasteiger charge is 2.03. The molecule has 0 saturated heterocycles. The van der Waals surface area contributed by atoms with Crippen molar-refractivity contribution in [1.82, 2.24) is 5.32 Å². The second-order valence-corrected chi connectivity index (χ2v) is 6.05. The third kappa shape index (κ3) is 6.11. The van der Waals surface area contributed by atoms with Crippen LogP contribution in [-0.2, 0) is 17.6 Å². The summed E-state index contributed by atoms with van der Waals surface area (Å²) in [6.07, 6.45) is 1.84. The van der Waals surface area contributed by atoms with Crippen LogP contribution in [0.3, 0.4) is 0 Å². The number of para-hydroxylation sites is 1. The van der Waals surface area contributed by atoms with Gasteiger partial charge in [0.15, 0.2) is 0 Å². The van der Waals surface area contributed by atoms with E-state index in [1.54, 1.807) is 6.07 Å². The second kappa shape index (κ2) is 10.1. The van der Waals surface area contributed by atoms with Gasteiger partial charge in [0.05, 0.1) is 23.4 Å². The van der Waals surface area contributed by atoms with Crippen molar-refractivity contribution in [2.75, 3.05) is 30.7 Å². The lowest BCUT2D eigenvalue weighted by molar-refractivity contribution is -0.136. The Labute approximate surface area is 153 Å². The summed E-state index contributed by atoms with van der Waals surface area (Å²) in [7, 11) is 0. The van der Waals surface area contributed by atoms with Crippen molar-refractivity contribution >= 4 is 17.3 Å². The number of anilines is 2. The maximum absolute atomic E-state index is 10.8. The van der Waals surface area contributed by atoms with Gasteiger partial charge in [-0.3, -0.25) is 4.79 Å². The highest BCUT2D eigenvalue weighted by atomic mass is 16.4. The van der Waals surface area contributed by atoms with E-state index < -0.39 is 5.97 Å². The lowest BCUT2D eigenvalue weighted by atomic mass is 10.1. The van der Waals surface area contributed by atoms with E-state index in [2.05, 4.69) is 16.7 Å². The van der Waals surface area contributed by atoms with Crippen LogP contribution < -0.4 is 16.4 Å². The van der Waals surface area contributed by atoms with E-state index in [0.717, 1.165) is 49.3 Å². The molecule has 6 nitrogen and oxygen atoms in total. The number of benzene rings is 2. The maximum Gasteiger partial charge on any atom is 0.307 e. The second-order valence-electron chi connectivity index (χ2n) is 6.05. The van der Waals surface area contributed by atoms with Crippen molar-refractivity contribution in [1.29, 1.82) is 5.26 Å². The zero-order valence-electron chi connectivity index (χ0n) is 14.7. The fourth-order valence-corrected chi connectivity index (χ4v) is 2.68. The van der Waals surface area contributed by atoms with E-state index in [9.17, 15) is 4.79 Å². The van der Waals surface area contributed by atoms with Crippen LogP contribution in [-0.4, -0.2) is 30.7 Å². The van der Waals surface area contributed by atoms with E-state index in [1.165, 1.54) is 0 Å². The number of carbonyl (C=O) groups is 1. The Morgan fingerprint density at radius 1 is 1.12 bits per heavy atom. The number of nitriles is 1. The number of nitrogens with one attached hydrogen (secondary N) is 2. The Morgan fingerprint density at radius 3 is 2.65 bits per heavy atom. The summed E-state index contributed by atoms with van der Waals surface area (Å²) < 4.78 is 0. The number of aliphatic carboxylic acids is 1. The Morgan fingerprint density at radius 2 is 1.88 bits per heavy atom. The molecule has 6 heteroatoms. The van der Waals surface area contributed by atoms with Gasteiger partial charge in [-0.1, -0.05) is 30.3 Å². The summed E-state index contributed by atoms with van der Waals surface area (Å²) in [6.45, 7) is 2.46. The van der Waals surface area contributed by atoms with Crippen LogP contribution in [0.25, 0.3) is 0 Å². The average Bonchev–Trinajstić information content (AvgIpc) is 2.62. The number of carboxylic acid groups (broad SMARTS) is 1. The quantitative estimate of drug-likeness (QED) is 0.386. The lowest BCUT2D eigenvalue weighted by Crippen LogP contribution is -2.21. The van der Waals surface area contributed by atoms with Crippen molar-refractivity contribution in [3.8, 4) is 6.07 Å². The number of nitrogens with zero attached hydrogens (tertiary/aromatic N) is 1. The number of nitrogens with two attached hydrogens (primary N) is 1. The fourth-order valence-electron chi connectivity index (χ4n) is 2.68. The normalized spacial score (nSPS) is 10.3.